The van der Waals surface area contributed by atoms with Crippen molar-refractivity contribution in [3.05, 3.63) is 90.6 Å². The summed E-state index contributed by atoms with van der Waals surface area (Å²) in [5.74, 6) is -0.386. The van der Waals surface area contributed by atoms with E-state index in [1.165, 1.54) is 5.56 Å². The highest BCUT2D eigenvalue weighted by Crippen LogP contribution is 2.51. The fourth-order valence-corrected chi connectivity index (χ4v) is 9.14. The molecule has 0 aliphatic carbocycles. The lowest BCUT2D eigenvalue weighted by Gasteiger charge is -2.51. The molecule has 3 aliphatic rings. The summed E-state index contributed by atoms with van der Waals surface area (Å²) in [4.78, 5) is 33.2. The lowest BCUT2D eigenvalue weighted by atomic mass is 9.73. The van der Waals surface area contributed by atoms with E-state index in [0.29, 0.717) is 18.3 Å². The van der Waals surface area contributed by atoms with E-state index in [-0.39, 0.29) is 24.5 Å². The summed E-state index contributed by atoms with van der Waals surface area (Å²) in [6, 6.07) is 19.9. The maximum atomic E-state index is 14.6. The number of aryl methyl sites for hydroxylation is 1. The number of carbonyl (C=O) groups excluding carboxylic acids is 2. The molecule has 0 radical (unpaired) electrons. The van der Waals surface area contributed by atoms with Crippen LogP contribution in [0.1, 0.15) is 70.1 Å². The first-order chi connectivity index (χ1) is 22.7. The Hall–Kier alpha value is -3.32. The Morgan fingerprint density at radius 2 is 1.81 bits per heavy atom. The standard InChI is InChI=1S/C38H49N2O6P/c1-5-29-25-40-22-20-30(29)24-34(40)37(32-19-21-39-33-18-11-10-17-31(32)33)44-36(42)26-47(43,46-38(27(3)4)45-35(41)6-2)23-13-12-16-28-14-8-7-9-15-28/h5,7-11,14-15,17-19,21,27,29-30,34,37-38H,1,6,12-13,16,20,22-26H2,2-4H3/t29?,30?,34?,37?,38?,47-/m0/s1. The molecule has 9 heteroatoms. The highest BCUT2D eigenvalue weighted by molar-refractivity contribution is 7.59. The molecule has 8 nitrogen and oxygen atoms in total. The molecule has 7 atom stereocenters. The lowest BCUT2D eigenvalue weighted by Crippen LogP contribution is -2.55. The van der Waals surface area contributed by atoms with Crippen LogP contribution in [-0.2, 0) is 34.6 Å². The van der Waals surface area contributed by atoms with Crippen molar-refractivity contribution < 1.29 is 28.2 Å². The van der Waals surface area contributed by atoms with E-state index in [1.807, 2.05) is 62.4 Å². The number of pyridine rings is 1. The maximum Gasteiger partial charge on any atom is 0.316 e. The predicted molar refractivity (Wildman–Crippen MR) is 185 cm³/mol. The highest BCUT2D eigenvalue weighted by atomic mass is 31.2. The summed E-state index contributed by atoms with van der Waals surface area (Å²) in [6.07, 6.45) is 6.34. The quantitative estimate of drug-likeness (QED) is 0.0502. The third-order valence-corrected chi connectivity index (χ3v) is 11.9. The van der Waals surface area contributed by atoms with Crippen molar-refractivity contribution in [2.24, 2.45) is 17.8 Å². The lowest BCUT2D eigenvalue weighted by molar-refractivity contribution is -0.169. The Bertz CT molecular complexity index is 1560. The molecule has 3 aliphatic heterocycles. The van der Waals surface area contributed by atoms with Gasteiger partial charge in [-0.2, -0.15) is 0 Å². The van der Waals surface area contributed by atoms with Crippen LogP contribution in [0.5, 0.6) is 0 Å². The van der Waals surface area contributed by atoms with E-state index >= 15 is 0 Å². The Morgan fingerprint density at radius 3 is 2.51 bits per heavy atom. The van der Waals surface area contributed by atoms with E-state index < -0.39 is 37.9 Å². The molecule has 1 aromatic heterocycles. The van der Waals surface area contributed by atoms with Crippen molar-refractivity contribution in [3.63, 3.8) is 0 Å². The number of esters is 2. The number of fused-ring (bicyclic) bond motifs is 4. The number of ether oxygens (including phenoxy) is 2. The van der Waals surface area contributed by atoms with Gasteiger partial charge in [-0.3, -0.25) is 28.6 Å². The van der Waals surface area contributed by atoms with Gasteiger partial charge in [0.05, 0.1) is 11.6 Å². The number of piperidine rings is 3. The molecular formula is C38H49N2O6P. The molecule has 0 N–H and O–H groups in total. The van der Waals surface area contributed by atoms with E-state index in [0.717, 1.165) is 55.2 Å². The number of hydrogen-bond donors (Lipinski definition) is 0. The largest absolute Gasteiger partial charge is 0.455 e. The molecule has 4 heterocycles. The molecule has 2 aromatic carbocycles. The van der Waals surface area contributed by atoms with Crippen molar-refractivity contribution in [2.45, 2.75) is 77.7 Å². The second-order valence-electron chi connectivity index (χ2n) is 13.3. The van der Waals surface area contributed by atoms with Gasteiger partial charge in [0.15, 0.2) is 0 Å². The fourth-order valence-electron chi connectivity index (χ4n) is 6.96. The third-order valence-electron chi connectivity index (χ3n) is 9.55. The number of para-hydroxylation sites is 1. The summed E-state index contributed by atoms with van der Waals surface area (Å²) >= 11 is 0. The molecule has 47 heavy (non-hydrogen) atoms. The van der Waals surface area contributed by atoms with Gasteiger partial charge in [-0.25, -0.2) is 0 Å². The number of carbonyl (C=O) groups is 2. The summed E-state index contributed by atoms with van der Waals surface area (Å²) in [6.45, 7) is 11.3. The van der Waals surface area contributed by atoms with E-state index in [1.54, 1.807) is 13.1 Å². The first-order valence-corrected chi connectivity index (χ1v) is 19.1. The summed E-state index contributed by atoms with van der Waals surface area (Å²) in [5.41, 5.74) is 2.92. The van der Waals surface area contributed by atoms with Crippen LogP contribution in [-0.4, -0.2) is 59.6 Å². The van der Waals surface area contributed by atoms with Gasteiger partial charge in [-0.15, -0.1) is 6.58 Å². The summed E-state index contributed by atoms with van der Waals surface area (Å²) in [5, 5.41) is 0.933. The van der Waals surface area contributed by atoms with Crippen LogP contribution >= 0.6 is 7.37 Å². The van der Waals surface area contributed by atoms with Gasteiger partial charge >= 0.3 is 11.9 Å². The minimum Gasteiger partial charge on any atom is -0.455 e. The van der Waals surface area contributed by atoms with Gasteiger partial charge in [0.25, 0.3) is 0 Å². The van der Waals surface area contributed by atoms with Crippen LogP contribution in [0.2, 0.25) is 0 Å². The third kappa shape index (κ3) is 8.98. The molecule has 3 fully saturated rings. The highest BCUT2D eigenvalue weighted by Gasteiger charge is 2.45. The Morgan fingerprint density at radius 1 is 1.04 bits per heavy atom. The Kier molecular flexibility index (Phi) is 12.1. The average Bonchev–Trinajstić information content (AvgIpc) is 3.09. The molecule has 3 aromatic rings. The molecule has 0 saturated carbocycles. The molecule has 6 unspecified atom stereocenters. The minimum atomic E-state index is -3.63. The number of rotatable bonds is 16. The number of benzene rings is 2. The minimum absolute atomic E-state index is 0.0280. The van der Waals surface area contributed by atoms with Crippen LogP contribution in [0, 0.1) is 17.8 Å². The first kappa shape index (κ1) is 35.0. The van der Waals surface area contributed by atoms with E-state index in [4.69, 9.17) is 14.0 Å². The van der Waals surface area contributed by atoms with Crippen molar-refractivity contribution in [1.82, 2.24) is 9.88 Å². The molecule has 252 valence electrons. The van der Waals surface area contributed by atoms with Crippen LogP contribution < -0.4 is 0 Å². The number of aromatic nitrogens is 1. The van der Waals surface area contributed by atoms with Gasteiger partial charge in [-0.1, -0.05) is 75.4 Å². The van der Waals surface area contributed by atoms with Crippen LogP contribution in [0.25, 0.3) is 10.9 Å². The number of hydrogen-bond acceptors (Lipinski definition) is 8. The van der Waals surface area contributed by atoms with Gasteiger partial charge in [0, 0.05) is 42.2 Å². The molecule has 2 bridgehead atoms. The SMILES string of the molecule is C=CC1CN2CCC1CC2C(OC(=O)C[P@](=O)(CCCCc1ccccc1)OC(OC(=O)CC)C(C)C)c1ccnc2ccccc12. The van der Waals surface area contributed by atoms with E-state index in [9.17, 15) is 14.2 Å². The van der Waals surface area contributed by atoms with Gasteiger partial charge < -0.3 is 9.47 Å². The monoisotopic (exact) mass is 660 g/mol. The first-order valence-electron chi connectivity index (χ1n) is 17.1. The van der Waals surface area contributed by atoms with Crippen molar-refractivity contribution in [2.75, 3.05) is 25.4 Å². The zero-order chi connectivity index (χ0) is 33.4. The average molecular weight is 661 g/mol. The predicted octanol–water partition coefficient (Wildman–Crippen LogP) is 7.97. The topological polar surface area (TPSA) is 95.0 Å². The molecule has 3 saturated heterocycles. The van der Waals surface area contributed by atoms with Gasteiger partial charge in [-0.05, 0) is 68.2 Å². The second-order valence-corrected chi connectivity index (χ2v) is 15.9. The summed E-state index contributed by atoms with van der Waals surface area (Å²) in [7, 11) is -3.63. The van der Waals surface area contributed by atoms with Crippen LogP contribution in [0.3, 0.4) is 0 Å². The Labute approximate surface area is 279 Å². The van der Waals surface area contributed by atoms with Crippen LogP contribution in [0.4, 0.5) is 0 Å². The molecular weight excluding hydrogens is 611 g/mol. The molecule has 6 rings (SSSR count). The Balaban J connectivity index is 1.39. The molecule has 0 amide bonds. The van der Waals surface area contributed by atoms with Crippen molar-refractivity contribution in [1.29, 1.82) is 0 Å². The van der Waals surface area contributed by atoms with Crippen molar-refractivity contribution in [3.8, 4) is 0 Å². The van der Waals surface area contributed by atoms with E-state index in [2.05, 4.69) is 34.7 Å². The number of nitrogens with zero attached hydrogens (tertiary/aromatic N) is 2. The molecule has 0 spiro atoms. The number of unbranched alkanes of at least 4 members (excludes halogenated alkanes) is 1. The zero-order valence-electron chi connectivity index (χ0n) is 28.0. The fraction of sp³-hybridized carbons (Fsp3) is 0.500. The van der Waals surface area contributed by atoms with Crippen molar-refractivity contribution >= 4 is 30.2 Å². The zero-order valence-corrected chi connectivity index (χ0v) is 28.9. The maximum absolute atomic E-state index is 14.6. The summed E-state index contributed by atoms with van der Waals surface area (Å²) < 4.78 is 32.7. The van der Waals surface area contributed by atoms with Gasteiger partial charge in [0.2, 0.25) is 13.7 Å². The normalized spacial score (nSPS) is 23.1. The van der Waals surface area contributed by atoms with Crippen LogP contribution in [0.15, 0.2) is 79.5 Å². The smallest absolute Gasteiger partial charge is 0.316 e. The second kappa shape index (κ2) is 16.2. The van der Waals surface area contributed by atoms with Gasteiger partial charge in [0.1, 0.15) is 12.3 Å².